The molecule has 0 fully saturated rings. The number of aromatic amines is 1. The van der Waals surface area contributed by atoms with Crippen LogP contribution >= 0.6 is 11.6 Å². The minimum atomic E-state index is 0.551. The molecule has 0 aliphatic carbocycles. The molecule has 1 N–H and O–H groups in total. The fourth-order valence-corrected chi connectivity index (χ4v) is 1.23. The predicted octanol–water partition coefficient (Wildman–Crippen LogP) is 2.30. The lowest BCUT2D eigenvalue weighted by molar-refractivity contribution is 1.12. The first-order chi connectivity index (χ1) is 5.40. The summed E-state index contributed by atoms with van der Waals surface area (Å²) in [6.07, 6.45) is 1.80. The number of nitrogens with zero attached hydrogens (tertiary/aromatic N) is 1. The molecule has 1 aromatic heterocycles. The number of halogens is 1. The molecule has 11 heavy (non-hydrogen) atoms. The van der Waals surface area contributed by atoms with Gasteiger partial charge in [-0.2, -0.15) is 5.10 Å². The Morgan fingerprint density at radius 3 is 3.18 bits per heavy atom. The number of hydrogen-bond donors (Lipinski definition) is 1. The van der Waals surface area contributed by atoms with E-state index >= 15 is 0 Å². The highest BCUT2D eigenvalue weighted by Gasteiger charge is 1.95. The van der Waals surface area contributed by atoms with Gasteiger partial charge in [-0.15, -0.1) is 11.6 Å². The number of aromatic nitrogens is 2. The summed E-state index contributed by atoms with van der Waals surface area (Å²) in [5.41, 5.74) is 2.16. The van der Waals surface area contributed by atoms with Gasteiger partial charge in [0.15, 0.2) is 0 Å². The lowest BCUT2D eigenvalue weighted by Crippen LogP contribution is -1.76. The maximum absolute atomic E-state index is 5.66. The smallest absolute Gasteiger partial charge is 0.0653 e. The molecule has 2 nitrogen and oxygen atoms in total. The second-order valence-electron chi connectivity index (χ2n) is 2.43. The molecule has 0 aliphatic rings. The van der Waals surface area contributed by atoms with Crippen LogP contribution in [0.5, 0.6) is 0 Å². The van der Waals surface area contributed by atoms with Crippen molar-refractivity contribution in [2.45, 2.75) is 5.88 Å². The predicted molar refractivity (Wildman–Crippen MR) is 45.7 cm³/mol. The van der Waals surface area contributed by atoms with Gasteiger partial charge >= 0.3 is 0 Å². The first kappa shape index (κ1) is 6.68. The molecular weight excluding hydrogens is 160 g/mol. The Morgan fingerprint density at radius 2 is 2.36 bits per heavy atom. The highest BCUT2D eigenvalue weighted by molar-refractivity contribution is 6.17. The number of H-pyrrole nitrogens is 1. The Hall–Kier alpha value is -1.02. The molecule has 0 atom stereocenters. The number of alkyl halides is 1. The second-order valence-corrected chi connectivity index (χ2v) is 2.69. The lowest BCUT2D eigenvalue weighted by Gasteiger charge is -1.92. The average molecular weight is 167 g/mol. The first-order valence-corrected chi connectivity index (χ1v) is 3.91. The van der Waals surface area contributed by atoms with Crippen LogP contribution in [0.4, 0.5) is 0 Å². The van der Waals surface area contributed by atoms with E-state index in [4.69, 9.17) is 11.6 Å². The molecule has 2 aromatic rings. The zero-order valence-corrected chi connectivity index (χ0v) is 6.60. The summed E-state index contributed by atoms with van der Waals surface area (Å²) >= 11 is 5.66. The van der Waals surface area contributed by atoms with Crippen molar-refractivity contribution in [2.24, 2.45) is 0 Å². The van der Waals surface area contributed by atoms with Crippen LogP contribution in [0.2, 0.25) is 0 Å². The van der Waals surface area contributed by atoms with E-state index in [9.17, 15) is 0 Å². The Balaban J connectivity index is 2.67. The van der Waals surface area contributed by atoms with Gasteiger partial charge in [0.2, 0.25) is 0 Å². The first-order valence-electron chi connectivity index (χ1n) is 3.38. The van der Waals surface area contributed by atoms with Crippen LogP contribution in [0.3, 0.4) is 0 Å². The van der Waals surface area contributed by atoms with E-state index in [-0.39, 0.29) is 0 Å². The molecule has 56 valence electrons. The van der Waals surface area contributed by atoms with Gasteiger partial charge in [-0.05, 0) is 11.6 Å². The lowest BCUT2D eigenvalue weighted by atomic mass is 10.2. The molecule has 0 unspecified atom stereocenters. The van der Waals surface area contributed by atoms with Crippen LogP contribution in [0, 0.1) is 0 Å². The molecule has 0 radical (unpaired) electrons. The fourth-order valence-electron chi connectivity index (χ4n) is 1.07. The van der Waals surface area contributed by atoms with Crippen molar-refractivity contribution in [1.29, 1.82) is 0 Å². The van der Waals surface area contributed by atoms with Gasteiger partial charge in [0.1, 0.15) is 0 Å². The second kappa shape index (κ2) is 2.55. The molecule has 1 aromatic carbocycles. The Bertz CT molecular complexity index is 367. The van der Waals surface area contributed by atoms with E-state index in [1.165, 1.54) is 0 Å². The third-order valence-corrected chi connectivity index (χ3v) is 1.97. The van der Waals surface area contributed by atoms with Crippen LogP contribution in [0.1, 0.15) is 5.56 Å². The van der Waals surface area contributed by atoms with E-state index in [1.807, 2.05) is 18.2 Å². The summed E-state index contributed by atoms with van der Waals surface area (Å²) in [6.45, 7) is 0. The molecular formula is C8H7ClN2. The highest BCUT2D eigenvalue weighted by atomic mass is 35.5. The fraction of sp³-hybridized carbons (Fsp3) is 0.125. The van der Waals surface area contributed by atoms with Crippen LogP contribution in [-0.2, 0) is 5.88 Å². The van der Waals surface area contributed by atoms with Crippen molar-refractivity contribution < 1.29 is 0 Å². The minimum Gasteiger partial charge on any atom is -0.278 e. The van der Waals surface area contributed by atoms with E-state index in [2.05, 4.69) is 10.2 Å². The third kappa shape index (κ3) is 1.10. The maximum atomic E-state index is 5.66. The largest absolute Gasteiger partial charge is 0.278 e. The number of hydrogen-bond acceptors (Lipinski definition) is 1. The third-order valence-electron chi connectivity index (χ3n) is 1.66. The zero-order valence-electron chi connectivity index (χ0n) is 5.84. The quantitative estimate of drug-likeness (QED) is 0.647. The van der Waals surface area contributed by atoms with E-state index in [1.54, 1.807) is 6.20 Å². The van der Waals surface area contributed by atoms with Gasteiger partial charge in [-0.3, -0.25) is 5.10 Å². The van der Waals surface area contributed by atoms with Gasteiger partial charge < -0.3 is 0 Å². The molecule has 0 saturated carbocycles. The standard InChI is InChI=1S/C8H7ClN2/c9-4-6-1-2-7-5-10-11-8(7)3-6/h1-3,5H,4H2,(H,10,11). The topological polar surface area (TPSA) is 28.7 Å². The summed E-state index contributed by atoms with van der Waals surface area (Å²) < 4.78 is 0. The van der Waals surface area contributed by atoms with Crippen LogP contribution < -0.4 is 0 Å². The monoisotopic (exact) mass is 166 g/mol. The number of rotatable bonds is 1. The highest BCUT2D eigenvalue weighted by Crippen LogP contribution is 2.13. The summed E-state index contributed by atoms with van der Waals surface area (Å²) in [4.78, 5) is 0. The van der Waals surface area contributed by atoms with Crippen LogP contribution in [-0.4, -0.2) is 10.2 Å². The van der Waals surface area contributed by atoms with E-state index in [0.717, 1.165) is 16.5 Å². The van der Waals surface area contributed by atoms with Crippen molar-refractivity contribution in [3.63, 3.8) is 0 Å². The minimum absolute atomic E-state index is 0.551. The van der Waals surface area contributed by atoms with Crippen molar-refractivity contribution in [3.05, 3.63) is 30.0 Å². The van der Waals surface area contributed by atoms with Crippen molar-refractivity contribution >= 4 is 22.5 Å². The van der Waals surface area contributed by atoms with Gasteiger partial charge in [0, 0.05) is 11.3 Å². The van der Waals surface area contributed by atoms with Gasteiger partial charge in [-0.1, -0.05) is 12.1 Å². The summed E-state index contributed by atoms with van der Waals surface area (Å²) in [7, 11) is 0. The van der Waals surface area contributed by atoms with Gasteiger partial charge in [0.25, 0.3) is 0 Å². The maximum Gasteiger partial charge on any atom is 0.0653 e. The summed E-state index contributed by atoms with van der Waals surface area (Å²) in [6, 6.07) is 6.02. The Kier molecular flexibility index (Phi) is 1.55. The summed E-state index contributed by atoms with van der Waals surface area (Å²) in [5, 5.41) is 7.92. The van der Waals surface area contributed by atoms with Crippen molar-refractivity contribution in [3.8, 4) is 0 Å². The van der Waals surface area contributed by atoms with Gasteiger partial charge in [-0.25, -0.2) is 0 Å². The van der Waals surface area contributed by atoms with Gasteiger partial charge in [0.05, 0.1) is 11.7 Å². The molecule has 2 rings (SSSR count). The zero-order chi connectivity index (χ0) is 7.68. The molecule has 0 saturated heterocycles. The van der Waals surface area contributed by atoms with Crippen LogP contribution in [0.15, 0.2) is 24.4 Å². The number of nitrogens with one attached hydrogen (secondary N) is 1. The van der Waals surface area contributed by atoms with Crippen molar-refractivity contribution in [2.75, 3.05) is 0 Å². The number of benzene rings is 1. The SMILES string of the molecule is ClCc1ccc2cn[nH]c2c1. The van der Waals surface area contributed by atoms with E-state index in [0.29, 0.717) is 5.88 Å². The van der Waals surface area contributed by atoms with Crippen molar-refractivity contribution in [1.82, 2.24) is 10.2 Å². The van der Waals surface area contributed by atoms with Crippen LogP contribution in [0.25, 0.3) is 10.9 Å². The molecule has 0 amide bonds. The normalized spacial score (nSPS) is 10.6. The molecule has 0 bridgehead atoms. The molecule has 0 spiro atoms. The Labute approximate surface area is 69.2 Å². The number of fused-ring (bicyclic) bond motifs is 1. The molecule has 1 heterocycles. The summed E-state index contributed by atoms with van der Waals surface area (Å²) in [5.74, 6) is 0.551. The molecule has 0 aliphatic heterocycles. The average Bonchev–Trinajstić information content (AvgIpc) is 2.50. The van der Waals surface area contributed by atoms with E-state index < -0.39 is 0 Å². The Morgan fingerprint density at radius 1 is 1.45 bits per heavy atom. The molecule has 3 heteroatoms.